The number of hydrogen-bond acceptors (Lipinski definition) is 5. The number of carbonyl (C=O) groups excluding carboxylic acids is 1. The fourth-order valence-electron chi connectivity index (χ4n) is 0.594. The van der Waals surface area contributed by atoms with E-state index in [0.29, 0.717) is 0 Å². The van der Waals surface area contributed by atoms with Gasteiger partial charge in [0.1, 0.15) is 6.61 Å². The molecule has 0 aromatic carbocycles. The van der Waals surface area contributed by atoms with Crippen molar-refractivity contribution in [2.24, 2.45) is 0 Å². The Morgan fingerprint density at radius 3 is 2.36 bits per heavy atom. The second-order valence-electron chi connectivity index (χ2n) is 2.38. The van der Waals surface area contributed by atoms with Gasteiger partial charge in [-0.2, -0.15) is 0 Å². The Morgan fingerprint density at radius 1 is 1.14 bits per heavy atom. The highest BCUT2D eigenvalue weighted by atomic mass is 16.6. The molecule has 0 unspecified atom stereocenters. The first kappa shape index (κ1) is 12.9. The van der Waals surface area contributed by atoms with E-state index in [4.69, 9.17) is 14.6 Å². The zero-order valence-electron chi connectivity index (χ0n) is 8.02. The number of carbonyl (C=O) groups is 2. The average Bonchev–Trinajstić information content (AvgIpc) is 2.15. The summed E-state index contributed by atoms with van der Waals surface area (Å²) >= 11 is 0. The van der Waals surface area contributed by atoms with Gasteiger partial charge in [0, 0.05) is 0 Å². The second kappa shape index (κ2) is 8.46. The lowest BCUT2D eigenvalue weighted by Gasteiger charge is -2.03. The van der Waals surface area contributed by atoms with Crippen LogP contribution in [0.4, 0.5) is 0 Å². The SMILES string of the molecule is COC(=O)COCCOCCC(=O)O. The number of carboxylic acids is 1. The summed E-state index contributed by atoms with van der Waals surface area (Å²) < 4.78 is 14.1. The quantitative estimate of drug-likeness (QED) is 0.432. The number of carboxylic acid groups (broad SMARTS) is 1. The van der Waals surface area contributed by atoms with E-state index in [-0.39, 0.29) is 32.8 Å². The topological polar surface area (TPSA) is 82.1 Å². The van der Waals surface area contributed by atoms with Gasteiger partial charge in [0.25, 0.3) is 0 Å². The van der Waals surface area contributed by atoms with Gasteiger partial charge in [-0.15, -0.1) is 0 Å². The third kappa shape index (κ3) is 8.95. The number of esters is 1. The predicted octanol–water partition coefficient (Wildman–Crippen LogP) is -0.333. The Balaban J connectivity index is 3.06. The Kier molecular flexibility index (Phi) is 7.77. The van der Waals surface area contributed by atoms with E-state index < -0.39 is 11.9 Å². The molecule has 6 nitrogen and oxygen atoms in total. The van der Waals surface area contributed by atoms with E-state index in [9.17, 15) is 9.59 Å². The standard InChI is InChI=1S/C8H14O6/c1-12-8(11)6-14-5-4-13-3-2-7(9)10/h2-6H2,1H3,(H,9,10). The van der Waals surface area contributed by atoms with E-state index >= 15 is 0 Å². The molecule has 14 heavy (non-hydrogen) atoms. The molecule has 0 aliphatic heterocycles. The molecule has 0 spiro atoms. The number of methoxy groups -OCH3 is 1. The molecule has 1 N–H and O–H groups in total. The van der Waals surface area contributed by atoms with Gasteiger partial charge in [-0.05, 0) is 0 Å². The van der Waals surface area contributed by atoms with Crippen LogP contribution in [0.2, 0.25) is 0 Å². The number of aliphatic carboxylic acids is 1. The van der Waals surface area contributed by atoms with E-state index in [2.05, 4.69) is 4.74 Å². The van der Waals surface area contributed by atoms with Crippen LogP contribution < -0.4 is 0 Å². The molecule has 0 aliphatic rings. The van der Waals surface area contributed by atoms with Crippen molar-refractivity contribution < 1.29 is 28.9 Å². The van der Waals surface area contributed by atoms with Crippen molar-refractivity contribution in [3.05, 3.63) is 0 Å². The van der Waals surface area contributed by atoms with Gasteiger partial charge in [-0.1, -0.05) is 0 Å². The van der Waals surface area contributed by atoms with Crippen LogP contribution in [0.5, 0.6) is 0 Å². The van der Waals surface area contributed by atoms with Gasteiger partial charge in [0.15, 0.2) is 0 Å². The predicted molar refractivity (Wildman–Crippen MR) is 45.9 cm³/mol. The molecule has 0 fully saturated rings. The number of ether oxygens (including phenoxy) is 3. The highest BCUT2D eigenvalue weighted by Crippen LogP contribution is 1.84. The summed E-state index contributed by atoms with van der Waals surface area (Å²) in [5.41, 5.74) is 0. The fraction of sp³-hybridized carbons (Fsp3) is 0.750. The molecular weight excluding hydrogens is 192 g/mol. The number of rotatable bonds is 8. The van der Waals surface area contributed by atoms with Crippen molar-refractivity contribution in [3.63, 3.8) is 0 Å². The first-order valence-electron chi connectivity index (χ1n) is 4.11. The van der Waals surface area contributed by atoms with Crippen LogP contribution in [0.1, 0.15) is 6.42 Å². The van der Waals surface area contributed by atoms with Gasteiger partial charge < -0.3 is 19.3 Å². The van der Waals surface area contributed by atoms with Crippen molar-refractivity contribution >= 4 is 11.9 Å². The normalized spacial score (nSPS) is 9.79. The first-order valence-corrected chi connectivity index (χ1v) is 4.11. The lowest BCUT2D eigenvalue weighted by Crippen LogP contribution is -2.14. The molecule has 0 aromatic rings. The molecule has 0 rings (SSSR count). The maximum Gasteiger partial charge on any atom is 0.331 e. The lowest BCUT2D eigenvalue weighted by atomic mass is 10.5. The summed E-state index contributed by atoms with van der Waals surface area (Å²) in [7, 11) is 1.27. The van der Waals surface area contributed by atoms with Crippen LogP contribution >= 0.6 is 0 Å². The maximum absolute atomic E-state index is 10.5. The molecule has 0 radical (unpaired) electrons. The van der Waals surface area contributed by atoms with Crippen molar-refractivity contribution in [1.82, 2.24) is 0 Å². The molecule has 0 saturated heterocycles. The third-order valence-electron chi connectivity index (χ3n) is 1.28. The largest absolute Gasteiger partial charge is 0.481 e. The van der Waals surface area contributed by atoms with Crippen molar-refractivity contribution in [2.75, 3.05) is 33.5 Å². The molecule has 0 aromatic heterocycles. The van der Waals surface area contributed by atoms with E-state index in [1.807, 2.05) is 0 Å². The molecular formula is C8H14O6. The second-order valence-corrected chi connectivity index (χ2v) is 2.38. The van der Waals surface area contributed by atoms with E-state index in [0.717, 1.165) is 0 Å². The number of hydrogen-bond donors (Lipinski definition) is 1. The molecule has 0 heterocycles. The Morgan fingerprint density at radius 2 is 1.79 bits per heavy atom. The summed E-state index contributed by atoms with van der Waals surface area (Å²) in [5.74, 6) is -1.35. The Hall–Kier alpha value is -1.14. The molecule has 0 saturated carbocycles. The minimum atomic E-state index is -0.902. The van der Waals surface area contributed by atoms with Gasteiger partial charge in [-0.25, -0.2) is 4.79 Å². The average molecular weight is 206 g/mol. The van der Waals surface area contributed by atoms with Gasteiger partial charge >= 0.3 is 11.9 Å². The molecule has 82 valence electrons. The molecule has 6 heteroatoms. The molecule has 0 atom stereocenters. The smallest absolute Gasteiger partial charge is 0.331 e. The van der Waals surface area contributed by atoms with E-state index in [1.54, 1.807) is 0 Å². The van der Waals surface area contributed by atoms with Crippen LogP contribution in [-0.4, -0.2) is 50.6 Å². The minimum Gasteiger partial charge on any atom is -0.481 e. The van der Waals surface area contributed by atoms with Crippen molar-refractivity contribution in [3.8, 4) is 0 Å². The van der Waals surface area contributed by atoms with Crippen molar-refractivity contribution in [2.45, 2.75) is 6.42 Å². The van der Waals surface area contributed by atoms with E-state index in [1.165, 1.54) is 7.11 Å². The summed E-state index contributed by atoms with van der Waals surface area (Å²) in [4.78, 5) is 20.6. The fourth-order valence-corrected chi connectivity index (χ4v) is 0.594. The first-order chi connectivity index (χ1) is 6.66. The third-order valence-corrected chi connectivity index (χ3v) is 1.28. The van der Waals surface area contributed by atoms with Gasteiger partial charge in [-0.3, -0.25) is 4.79 Å². The summed E-state index contributed by atoms with van der Waals surface area (Å²) in [6.45, 7) is 0.550. The minimum absolute atomic E-state index is 0.0308. The zero-order chi connectivity index (χ0) is 10.8. The maximum atomic E-state index is 10.5. The van der Waals surface area contributed by atoms with Gasteiger partial charge in [0.2, 0.25) is 0 Å². The highest BCUT2D eigenvalue weighted by molar-refractivity contribution is 5.70. The highest BCUT2D eigenvalue weighted by Gasteiger charge is 1.99. The molecule has 0 amide bonds. The van der Waals surface area contributed by atoms with Crippen LogP contribution in [-0.2, 0) is 23.8 Å². The lowest BCUT2D eigenvalue weighted by molar-refractivity contribution is -0.146. The van der Waals surface area contributed by atoms with Crippen LogP contribution in [0.3, 0.4) is 0 Å². The van der Waals surface area contributed by atoms with Crippen molar-refractivity contribution in [1.29, 1.82) is 0 Å². The van der Waals surface area contributed by atoms with Crippen LogP contribution in [0, 0.1) is 0 Å². The molecule has 0 aliphatic carbocycles. The van der Waals surface area contributed by atoms with Crippen LogP contribution in [0.15, 0.2) is 0 Å². The Bertz CT molecular complexity index is 179. The summed E-state index contributed by atoms with van der Waals surface area (Å²) in [5, 5.41) is 8.25. The monoisotopic (exact) mass is 206 g/mol. The summed E-state index contributed by atoms with van der Waals surface area (Å²) in [6.07, 6.45) is -0.0308. The van der Waals surface area contributed by atoms with Crippen LogP contribution in [0.25, 0.3) is 0 Å². The Labute approximate surface area is 81.8 Å². The zero-order valence-corrected chi connectivity index (χ0v) is 8.02. The summed E-state index contributed by atoms with van der Waals surface area (Å²) in [6, 6.07) is 0. The molecule has 0 bridgehead atoms. The van der Waals surface area contributed by atoms with Gasteiger partial charge in [0.05, 0.1) is 33.4 Å².